The first-order chi connectivity index (χ1) is 9.52. The molecule has 2 unspecified atom stereocenters. The van der Waals surface area contributed by atoms with Crippen LogP contribution in [0.1, 0.15) is 48.4 Å². The minimum Gasteiger partial charge on any atom is -0.338 e. The van der Waals surface area contributed by atoms with Gasteiger partial charge in [0.25, 0.3) is 5.91 Å². The fourth-order valence-electron chi connectivity index (χ4n) is 2.75. The number of hydrogen-bond donors (Lipinski definition) is 1. The zero-order valence-corrected chi connectivity index (χ0v) is 12.6. The first kappa shape index (κ1) is 14.9. The van der Waals surface area contributed by atoms with Crippen LogP contribution in [0, 0.1) is 12.8 Å². The molecule has 1 saturated heterocycles. The summed E-state index contributed by atoms with van der Waals surface area (Å²) in [4.78, 5) is 14.6. The molecule has 1 amide bonds. The van der Waals surface area contributed by atoms with Crippen molar-refractivity contribution >= 4 is 5.91 Å². The highest BCUT2D eigenvalue weighted by Crippen LogP contribution is 2.21. The summed E-state index contributed by atoms with van der Waals surface area (Å²) in [6.45, 7) is 7.45. The Bertz CT molecular complexity index is 487. The maximum absolute atomic E-state index is 12.7. The Morgan fingerprint density at radius 1 is 1.55 bits per heavy atom. The van der Waals surface area contributed by atoms with Gasteiger partial charge in [-0.2, -0.15) is 10.2 Å². The van der Waals surface area contributed by atoms with E-state index >= 15 is 0 Å². The number of hydrogen-bond acceptors (Lipinski definition) is 4. The van der Waals surface area contributed by atoms with Gasteiger partial charge in [0.1, 0.15) is 0 Å². The van der Waals surface area contributed by atoms with Crippen molar-refractivity contribution in [2.75, 3.05) is 13.1 Å². The second kappa shape index (κ2) is 6.31. The standard InChI is InChI=1S/C15H24N4O/c1-4-14-13(8-10(2)17-18-14)15(20)19-7-5-6-12(9-19)11(3)16/h8,11-12H,4-7,9,16H2,1-3H3. The highest BCUT2D eigenvalue weighted by molar-refractivity contribution is 5.95. The molecule has 2 atom stereocenters. The molecule has 0 aromatic carbocycles. The Morgan fingerprint density at radius 2 is 2.30 bits per heavy atom. The SMILES string of the molecule is CCc1nnc(C)cc1C(=O)N1CCCC(C(C)N)C1. The van der Waals surface area contributed by atoms with E-state index in [4.69, 9.17) is 5.73 Å². The number of nitrogens with zero attached hydrogens (tertiary/aromatic N) is 3. The van der Waals surface area contributed by atoms with E-state index in [1.165, 1.54) is 0 Å². The first-order valence-corrected chi connectivity index (χ1v) is 7.41. The molecule has 0 bridgehead atoms. The first-order valence-electron chi connectivity index (χ1n) is 7.41. The molecule has 2 heterocycles. The van der Waals surface area contributed by atoms with Gasteiger partial charge in [-0.15, -0.1) is 0 Å². The number of aryl methyl sites for hydroxylation is 2. The summed E-state index contributed by atoms with van der Waals surface area (Å²) in [5.41, 5.74) is 8.25. The zero-order chi connectivity index (χ0) is 14.7. The lowest BCUT2D eigenvalue weighted by atomic mass is 9.91. The van der Waals surface area contributed by atoms with Crippen LogP contribution in [0.5, 0.6) is 0 Å². The van der Waals surface area contributed by atoms with E-state index in [-0.39, 0.29) is 11.9 Å². The molecular formula is C15H24N4O. The lowest BCUT2D eigenvalue weighted by Crippen LogP contribution is -2.45. The van der Waals surface area contributed by atoms with Crippen LogP contribution in [0.2, 0.25) is 0 Å². The molecule has 20 heavy (non-hydrogen) atoms. The molecule has 0 aliphatic carbocycles. The van der Waals surface area contributed by atoms with Gasteiger partial charge in [0, 0.05) is 19.1 Å². The topological polar surface area (TPSA) is 72.1 Å². The molecule has 5 heteroatoms. The van der Waals surface area contributed by atoms with E-state index in [0.717, 1.165) is 43.7 Å². The summed E-state index contributed by atoms with van der Waals surface area (Å²) in [5, 5.41) is 8.19. The van der Waals surface area contributed by atoms with Crippen molar-refractivity contribution < 1.29 is 4.79 Å². The zero-order valence-electron chi connectivity index (χ0n) is 12.6. The number of nitrogens with two attached hydrogens (primary N) is 1. The number of rotatable bonds is 3. The maximum atomic E-state index is 12.7. The molecule has 110 valence electrons. The van der Waals surface area contributed by atoms with Crippen molar-refractivity contribution in [3.8, 4) is 0 Å². The number of amides is 1. The van der Waals surface area contributed by atoms with E-state index in [0.29, 0.717) is 11.5 Å². The predicted molar refractivity (Wildman–Crippen MR) is 78.4 cm³/mol. The van der Waals surface area contributed by atoms with Crippen LogP contribution < -0.4 is 5.73 Å². The fourth-order valence-corrected chi connectivity index (χ4v) is 2.75. The van der Waals surface area contributed by atoms with Crippen LogP contribution >= 0.6 is 0 Å². The number of carbonyl (C=O) groups is 1. The van der Waals surface area contributed by atoms with Crippen molar-refractivity contribution in [1.29, 1.82) is 0 Å². The third kappa shape index (κ3) is 3.15. The van der Waals surface area contributed by atoms with Crippen LogP contribution in [0.25, 0.3) is 0 Å². The van der Waals surface area contributed by atoms with Gasteiger partial charge in [-0.1, -0.05) is 6.92 Å². The van der Waals surface area contributed by atoms with Gasteiger partial charge in [0.05, 0.1) is 17.0 Å². The highest BCUT2D eigenvalue weighted by atomic mass is 16.2. The summed E-state index contributed by atoms with van der Waals surface area (Å²) >= 11 is 0. The lowest BCUT2D eigenvalue weighted by Gasteiger charge is -2.34. The monoisotopic (exact) mass is 276 g/mol. The van der Waals surface area contributed by atoms with Gasteiger partial charge in [-0.05, 0) is 45.1 Å². The number of carbonyl (C=O) groups excluding carboxylic acids is 1. The van der Waals surface area contributed by atoms with Crippen LogP contribution in [-0.4, -0.2) is 40.1 Å². The van der Waals surface area contributed by atoms with Crippen molar-refractivity contribution in [1.82, 2.24) is 15.1 Å². The Hall–Kier alpha value is -1.49. The predicted octanol–water partition coefficient (Wildman–Crippen LogP) is 1.55. The van der Waals surface area contributed by atoms with Gasteiger partial charge in [0.15, 0.2) is 0 Å². The summed E-state index contributed by atoms with van der Waals surface area (Å²) in [6.07, 6.45) is 2.85. The van der Waals surface area contributed by atoms with Crippen molar-refractivity contribution in [3.63, 3.8) is 0 Å². The van der Waals surface area contributed by atoms with E-state index in [9.17, 15) is 4.79 Å². The van der Waals surface area contributed by atoms with E-state index in [1.54, 1.807) is 0 Å². The molecule has 0 radical (unpaired) electrons. The van der Waals surface area contributed by atoms with Gasteiger partial charge in [-0.3, -0.25) is 4.79 Å². The molecule has 1 aliphatic heterocycles. The Kier molecular flexibility index (Phi) is 4.70. The number of likely N-dealkylation sites (tertiary alicyclic amines) is 1. The minimum atomic E-state index is 0.0743. The third-order valence-corrected chi connectivity index (χ3v) is 4.05. The summed E-state index contributed by atoms with van der Waals surface area (Å²) in [5.74, 6) is 0.471. The van der Waals surface area contributed by atoms with Crippen molar-refractivity contribution in [2.24, 2.45) is 11.7 Å². The number of aromatic nitrogens is 2. The average molecular weight is 276 g/mol. The molecule has 2 rings (SSSR count). The normalized spacial score (nSPS) is 20.8. The van der Waals surface area contributed by atoms with E-state index in [1.807, 2.05) is 31.7 Å². The second-order valence-electron chi connectivity index (χ2n) is 5.71. The second-order valence-corrected chi connectivity index (χ2v) is 5.71. The van der Waals surface area contributed by atoms with Crippen LogP contribution in [0.4, 0.5) is 0 Å². The Balaban J connectivity index is 2.20. The molecule has 1 aromatic heterocycles. The van der Waals surface area contributed by atoms with Gasteiger partial charge in [-0.25, -0.2) is 0 Å². The lowest BCUT2D eigenvalue weighted by molar-refractivity contribution is 0.0659. The summed E-state index contributed by atoms with van der Waals surface area (Å²) in [6, 6.07) is 1.98. The molecule has 1 fully saturated rings. The van der Waals surface area contributed by atoms with Crippen LogP contribution in [0.3, 0.4) is 0 Å². The highest BCUT2D eigenvalue weighted by Gasteiger charge is 2.27. The minimum absolute atomic E-state index is 0.0743. The fraction of sp³-hybridized carbons (Fsp3) is 0.667. The Labute approximate surface area is 120 Å². The quantitative estimate of drug-likeness (QED) is 0.909. The number of piperidine rings is 1. The van der Waals surface area contributed by atoms with Gasteiger partial charge in [0.2, 0.25) is 0 Å². The van der Waals surface area contributed by atoms with Crippen molar-refractivity contribution in [3.05, 3.63) is 23.0 Å². The third-order valence-electron chi connectivity index (χ3n) is 4.05. The average Bonchev–Trinajstić information content (AvgIpc) is 2.46. The van der Waals surface area contributed by atoms with Gasteiger partial charge >= 0.3 is 0 Å². The smallest absolute Gasteiger partial charge is 0.255 e. The molecule has 0 saturated carbocycles. The van der Waals surface area contributed by atoms with Crippen molar-refractivity contribution in [2.45, 2.75) is 46.1 Å². The largest absolute Gasteiger partial charge is 0.338 e. The summed E-state index contributed by atoms with van der Waals surface area (Å²) in [7, 11) is 0. The van der Waals surface area contributed by atoms with E-state index in [2.05, 4.69) is 10.2 Å². The Morgan fingerprint density at radius 3 is 2.95 bits per heavy atom. The summed E-state index contributed by atoms with van der Waals surface area (Å²) < 4.78 is 0. The molecule has 5 nitrogen and oxygen atoms in total. The van der Waals surface area contributed by atoms with Crippen LogP contribution in [-0.2, 0) is 6.42 Å². The molecular weight excluding hydrogens is 252 g/mol. The van der Waals surface area contributed by atoms with E-state index < -0.39 is 0 Å². The molecule has 1 aliphatic rings. The molecule has 0 spiro atoms. The van der Waals surface area contributed by atoms with Crippen LogP contribution in [0.15, 0.2) is 6.07 Å². The maximum Gasteiger partial charge on any atom is 0.255 e. The van der Waals surface area contributed by atoms with Gasteiger partial charge < -0.3 is 10.6 Å². The molecule has 1 aromatic rings. The molecule has 2 N–H and O–H groups in total.